The van der Waals surface area contributed by atoms with Crippen LogP contribution in [0.4, 0.5) is 20.3 Å². The van der Waals surface area contributed by atoms with E-state index in [9.17, 15) is 18.8 Å². The van der Waals surface area contributed by atoms with Gasteiger partial charge < -0.3 is 24.3 Å². The van der Waals surface area contributed by atoms with Gasteiger partial charge in [-0.25, -0.2) is 8.78 Å². The molecule has 3 aliphatic heterocycles. The van der Waals surface area contributed by atoms with E-state index in [0.29, 0.717) is 56.9 Å². The van der Waals surface area contributed by atoms with E-state index >= 15 is 0 Å². The third-order valence-electron chi connectivity index (χ3n) is 8.81. The molecule has 2 saturated heterocycles. The number of carbonyl (C=O) groups excluding carboxylic acids is 1. The fourth-order valence-corrected chi connectivity index (χ4v) is 6.44. The highest BCUT2D eigenvalue weighted by Crippen LogP contribution is 2.35. The van der Waals surface area contributed by atoms with Crippen molar-refractivity contribution in [1.29, 1.82) is 5.26 Å². The summed E-state index contributed by atoms with van der Waals surface area (Å²) in [6.45, 7) is 9.47. The van der Waals surface area contributed by atoms with Gasteiger partial charge in [0.25, 0.3) is 6.43 Å². The van der Waals surface area contributed by atoms with E-state index in [0.717, 1.165) is 55.0 Å². The maximum atomic E-state index is 13.7. The maximum Gasteiger partial charge on any atom is 0.318 e. The Morgan fingerprint density at radius 3 is 2.74 bits per heavy atom. The molecule has 0 spiro atoms. The summed E-state index contributed by atoms with van der Waals surface area (Å²) in [6.07, 6.45) is 2.65. The average molecular weight is 580 g/mol. The van der Waals surface area contributed by atoms with Crippen molar-refractivity contribution in [3.05, 3.63) is 53.2 Å². The topological polar surface area (TPSA) is 88.8 Å². The summed E-state index contributed by atoms with van der Waals surface area (Å²) in [7, 11) is 2.09. The molecule has 2 aromatic rings. The number of rotatable bonds is 8. The van der Waals surface area contributed by atoms with Crippen LogP contribution in [0.1, 0.15) is 54.5 Å². The van der Waals surface area contributed by atoms with Gasteiger partial charge in [-0.3, -0.25) is 4.79 Å². The Bertz CT molecular complexity index is 1350. The van der Waals surface area contributed by atoms with Crippen molar-refractivity contribution in [1.82, 2.24) is 19.8 Å². The van der Waals surface area contributed by atoms with E-state index in [1.165, 1.54) is 12.1 Å². The average Bonchev–Trinajstić information content (AvgIpc) is 3.27. The smallest absolute Gasteiger partial charge is 0.318 e. The number of alkyl halides is 2. The summed E-state index contributed by atoms with van der Waals surface area (Å²) >= 11 is 0. The minimum atomic E-state index is -2.54. The quantitative estimate of drug-likeness (QED) is 0.429. The number of halogens is 2. The second-order valence-corrected chi connectivity index (χ2v) is 11.4. The molecule has 5 rings (SSSR count). The van der Waals surface area contributed by atoms with Crippen LogP contribution < -0.4 is 14.5 Å². The predicted molar refractivity (Wildman–Crippen MR) is 157 cm³/mol. The van der Waals surface area contributed by atoms with Gasteiger partial charge in [-0.05, 0) is 63.9 Å². The van der Waals surface area contributed by atoms with Crippen LogP contribution in [-0.2, 0) is 17.8 Å². The number of amides is 1. The molecule has 224 valence electrons. The van der Waals surface area contributed by atoms with Crippen LogP contribution in [0.2, 0.25) is 0 Å². The van der Waals surface area contributed by atoms with Gasteiger partial charge in [-0.15, -0.1) is 0 Å². The third kappa shape index (κ3) is 6.19. The van der Waals surface area contributed by atoms with Crippen molar-refractivity contribution in [3.8, 4) is 12.1 Å². The number of anilines is 2. The highest BCUT2D eigenvalue weighted by Gasteiger charge is 2.33. The van der Waals surface area contributed by atoms with Crippen molar-refractivity contribution in [2.24, 2.45) is 0 Å². The van der Waals surface area contributed by atoms with Crippen LogP contribution in [0.25, 0.3) is 0 Å². The Labute approximate surface area is 246 Å². The normalized spacial score (nSPS) is 21.2. The molecule has 0 N–H and O–H groups in total. The SMILES string of the molecule is C=CC(=O)N1CCN(c2nc(OC[C@@H]3CCCN3C)nc3c2CCCN(c2cccc(C(F)F)c2C)C3)CC1CC#N. The van der Waals surface area contributed by atoms with Gasteiger partial charge in [0.15, 0.2) is 0 Å². The molecule has 11 heteroatoms. The number of fused-ring (bicyclic) bond motifs is 1. The molecule has 0 radical (unpaired) electrons. The predicted octanol–water partition coefficient (Wildman–Crippen LogP) is 4.27. The summed E-state index contributed by atoms with van der Waals surface area (Å²) in [4.78, 5) is 30.6. The Balaban J connectivity index is 1.49. The molecular formula is C31H39F2N7O2. The van der Waals surface area contributed by atoms with Crippen LogP contribution in [0.5, 0.6) is 6.01 Å². The Kier molecular flexibility index (Phi) is 9.21. The van der Waals surface area contributed by atoms with Crippen molar-refractivity contribution >= 4 is 17.4 Å². The Morgan fingerprint density at radius 2 is 2.02 bits per heavy atom. The first kappa shape index (κ1) is 29.7. The Hall–Kier alpha value is -3.78. The first-order valence-electron chi connectivity index (χ1n) is 14.7. The molecule has 4 heterocycles. The number of ether oxygens (including phenoxy) is 1. The van der Waals surface area contributed by atoms with Gasteiger partial charge in [0, 0.05) is 49.0 Å². The van der Waals surface area contributed by atoms with Crippen LogP contribution in [0, 0.1) is 18.3 Å². The summed E-state index contributed by atoms with van der Waals surface area (Å²) in [6, 6.07) is 7.58. The highest BCUT2D eigenvalue weighted by atomic mass is 19.3. The van der Waals surface area contributed by atoms with Crippen molar-refractivity contribution < 1.29 is 18.3 Å². The maximum absolute atomic E-state index is 13.7. The number of aromatic nitrogens is 2. The molecule has 0 bridgehead atoms. The molecule has 1 aromatic carbocycles. The molecule has 2 atom stereocenters. The van der Waals surface area contributed by atoms with Crippen LogP contribution in [0.15, 0.2) is 30.9 Å². The standard InChI is InChI=1S/C31H39F2N7O2/c1-4-28(41)40-17-16-39(18-22(40)12-13-34)30-25-10-7-15-38(27-11-5-9-24(21(27)2)29(32)33)19-26(25)35-31(36-30)42-20-23-8-6-14-37(23)3/h4-5,9,11,22-23,29H,1,6-8,10,12,14-20H2,2-3H3/t22?,23-/m0/s1. The number of hydrogen-bond acceptors (Lipinski definition) is 8. The summed E-state index contributed by atoms with van der Waals surface area (Å²) in [5, 5.41) is 9.50. The van der Waals surface area contributed by atoms with Crippen molar-refractivity contribution in [2.75, 3.05) is 56.2 Å². The van der Waals surface area contributed by atoms with Gasteiger partial charge >= 0.3 is 6.01 Å². The summed E-state index contributed by atoms with van der Waals surface area (Å²) in [5.74, 6) is 0.585. The van der Waals surface area contributed by atoms with Gasteiger partial charge in [0.1, 0.15) is 12.4 Å². The van der Waals surface area contributed by atoms with Gasteiger partial charge in [-0.1, -0.05) is 18.7 Å². The zero-order valence-corrected chi connectivity index (χ0v) is 24.4. The zero-order valence-electron chi connectivity index (χ0n) is 24.4. The van der Waals surface area contributed by atoms with E-state index in [4.69, 9.17) is 14.7 Å². The molecule has 1 aromatic heterocycles. The number of likely N-dealkylation sites (N-methyl/N-ethyl adjacent to an activating group) is 1. The van der Waals surface area contributed by atoms with E-state index in [2.05, 4.69) is 34.4 Å². The number of hydrogen-bond donors (Lipinski definition) is 0. The number of carbonyl (C=O) groups is 1. The highest BCUT2D eigenvalue weighted by molar-refractivity contribution is 5.87. The van der Waals surface area contributed by atoms with E-state index < -0.39 is 6.43 Å². The molecule has 9 nitrogen and oxygen atoms in total. The fraction of sp³-hybridized carbons (Fsp3) is 0.548. The minimum absolute atomic E-state index is 0.0422. The monoisotopic (exact) mass is 579 g/mol. The van der Waals surface area contributed by atoms with E-state index in [-0.39, 0.29) is 23.9 Å². The molecule has 42 heavy (non-hydrogen) atoms. The first-order valence-corrected chi connectivity index (χ1v) is 14.7. The van der Waals surface area contributed by atoms with Crippen molar-refractivity contribution in [2.45, 2.75) is 64.1 Å². The van der Waals surface area contributed by atoms with Gasteiger partial charge in [0.05, 0.1) is 30.8 Å². The third-order valence-corrected chi connectivity index (χ3v) is 8.81. The van der Waals surface area contributed by atoms with Crippen LogP contribution >= 0.6 is 0 Å². The van der Waals surface area contributed by atoms with Gasteiger partial charge in [0.2, 0.25) is 5.91 Å². The number of likely N-dealkylation sites (tertiary alicyclic amines) is 1. The number of benzene rings is 1. The lowest BCUT2D eigenvalue weighted by molar-refractivity contribution is -0.128. The molecule has 1 amide bonds. The second-order valence-electron chi connectivity index (χ2n) is 11.4. The lowest BCUT2D eigenvalue weighted by Gasteiger charge is -2.41. The largest absolute Gasteiger partial charge is 0.462 e. The molecule has 0 saturated carbocycles. The summed E-state index contributed by atoms with van der Waals surface area (Å²) in [5.41, 5.74) is 3.22. The first-order chi connectivity index (χ1) is 20.3. The van der Waals surface area contributed by atoms with Crippen LogP contribution in [0.3, 0.4) is 0 Å². The Morgan fingerprint density at radius 1 is 1.19 bits per heavy atom. The molecular weight excluding hydrogens is 540 g/mol. The van der Waals surface area contributed by atoms with E-state index in [1.807, 2.05) is 6.07 Å². The second kappa shape index (κ2) is 13.0. The summed E-state index contributed by atoms with van der Waals surface area (Å²) < 4.78 is 33.7. The lowest BCUT2D eigenvalue weighted by atomic mass is 10.1. The molecule has 0 aliphatic carbocycles. The zero-order chi connectivity index (χ0) is 29.8. The molecule has 2 fully saturated rings. The van der Waals surface area contributed by atoms with Crippen LogP contribution in [-0.4, -0.2) is 84.1 Å². The molecule has 1 unspecified atom stereocenters. The molecule has 3 aliphatic rings. The lowest BCUT2D eigenvalue weighted by Crippen LogP contribution is -2.55. The fourth-order valence-electron chi connectivity index (χ4n) is 6.44. The van der Waals surface area contributed by atoms with E-state index in [1.54, 1.807) is 17.9 Å². The van der Waals surface area contributed by atoms with Gasteiger partial charge in [-0.2, -0.15) is 15.2 Å². The number of nitrogens with zero attached hydrogens (tertiary/aromatic N) is 7. The minimum Gasteiger partial charge on any atom is -0.462 e. The number of nitriles is 1. The van der Waals surface area contributed by atoms with Crippen molar-refractivity contribution in [3.63, 3.8) is 0 Å². The number of piperazine rings is 1.